The molecule has 4 rings (SSSR count). The van der Waals surface area contributed by atoms with Gasteiger partial charge >= 0.3 is 0 Å². The lowest BCUT2D eigenvalue weighted by Gasteiger charge is -2.20. The Hall–Kier alpha value is -2.61. The van der Waals surface area contributed by atoms with Crippen molar-refractivity contribution in [3.63, 3.8) is 0 Å². The highest BCUT2D eigenvalue weighted by molar-refractivity contribution is 5.86. The van der Waals surface area contributed by atoms with E-state index in [4.69, 9.17) is 0 Å². The number of carbonyl (C=O) groups excluding carboxylic acids is 1. The average molecular weight is 357 g/mol. The molecule has 0 unspecified atom stereocenters. The molecule has 0 bridgehead atoms. The standard InChI is InChI=1S/C25H27NO/c1-18(22-14-13-19-7-2-3-9-23(19)17-22)26-25(27)16-15-21-11-6-10-20-8-4-5-12-24(20)21/h4-6,8,10-14,17-18H,2-3,7,9,15-16H2,1H3,(H,26,27)/t18-/m0/s1. The van der Waals surface area contributed by atoms with Crippen molar-refractivity contribution in [3.05, 3.63) is 82.9 Å². The van der Waals surface area contributed by atoms with Crippen molar-refractivity contribution in [2.75, 3.05) is 0 Å². The smallest absolute Gasteiger partial charge is 0.220 e. The maximum atomic E-state index is 12.5. The highest BCUT2D eigenvalue weighted by Gasteiger charge is 2.14. The molecule has 0 saturated carbocycles. The lowest BCUT2D eigenvalue weighted by atomic mass is 9.89. The molecule has 0 spiro atoms. The zero-order valence-corrected chi connectivity index (χ0v) is 16.0. The molecule has 138 valence electrons. The number of nitrogens with one attached hydrogen (secondary N) is 1. The van der Waals surface area contributed by atoms with E-state index in [1.54, 1.807) is 0 Å². The Morgan fingerprint density at radius 1 is 0.963 bits per heavy atom. The Morgan fingerprint density at radius 3 is 2.63 bits per heavy atom. The van der Waals surface area contributed by atoms with Crippen molar-refractivity contribution in [1.82, 2.24) is 5.32 Å². The minimum absolute atomic E-state index is 0.0530. The fraction of sp³-hybridized carbons (Fsp3) is 0.320. The molecule has 2 nitrogen and oxygen atoms in total. The largest absolute Gasteiger partial charge is 0.350 e. The van der Waals surface area contributed by atoms with E-state index in [0.717, 1.165) is 6.42 Å². The van der Waals surface area contributed by atoms with Gasteiger partial charge in [-0.1, -0.05) is 60.7 Å². The third kappa shape index (κ3) is 4.05. The topological polar surface area (TPSA) is 29.1 Å². The molecule has 0 saturated heterocycles. The van der Waals surface area contributed by atoms with E-state index >= 15 is 0 Å². The van der Waals surface area contributed by atoms with Gasteiger partial charge in [-0.25, -0.2) is 0 Å². The first-order chi connectivity index (χ1) is 13.2. The van der Waals surface area contributed by atoms with Crippen LogP contribution in [0.25, 0.3) is 10.8 Å². The van der Waals surface area contributed by atoms with Crippen molar-refractivity contribution in [1.29, 1.82) is 0 Å². The van der Waals surface area contributed by atoms with Gasteiger partial charge in [0.25, 0.3) is 0 Å². The Balaban J connectivity index is 1.39. The molecule has 1 amide bonds. The van der Waals surface area contributed by atoms with Gasteiger partial charge in [-0.3, -0.25) is 4.79 Å². The van der Waals surface area contributed by atoms with Crippen molar-refractivity contribution >= 4 is 16.7 Å². The molecule has 1 aliphatic rings. The Morgan fingerprint density at radius 2 is 1.74 bits per heavy atom. The van der Waals surface area contributed by atoms with Gasteiger partial charge in [0.15, 0.2) is 0 Å². The number of aryl methyl sites for hydroxylation is 3. The van der Waals surface area contributed by atoms with Crippen molar-refractivity contribution in [2.24, 2.45) is 0 Å². The molecular formula is C25H27NO. The van der Waals surface area contributed by atoms with E-state index in [1.165, 1.54) is 58.7 Å². The molecule has 0 radical (unpaired) electrons. The maximum absolute atomic E-state index is 12.5. The summed E-state index contributed by atoms with van der Waals surface area (Å²) in [7, 11) is 0. The fourth-order valence-corrected chi connectivity index (χ4v) is 4.18. The minimum atomic E-state index is 0.0530. The molecule has 0 fully saturated rings. The summed E-state index contributed by atoms with van der Waals surface area (Å²) in [5.74, 6) is 0.119. The first kappa shape index (κ1) is 17.8. The summed E-state index contributed by atoms with van der Waals surface area (Å²) >= 11 is 0. The summed E-state index contributed by atoms with van der Waals surface area (Å²) in [5, 5.41) is 5.66. The summed E-state index contributed by atoms with van der Waals surface area (Å²) in [6, 6.07) is 21.5. The van der Waals surface area contributed by atoms with Crippen LogP contribution < -0.4 is 5.32 Å². The van der Waals surface area contributed by atoms with E-state index in [1.807, 2.05) is 0 Å². The van der Waals surface area contributed by atoms with Crippen LogP contribution in [-0.2, 0) is 24.1 Å². The second-order valence-corrected chi connectivity index (χ2v) is 7.66. The summed E-state index contributed by atoms with van der Waals surface area (Å²) < 4.78 is 0. The van der Waals surface area contributed by atoms with Crippen LogP contribution >= 0.6 is 0 Å². The summed E-state index contributed by atoms with van der Waals surface area (Å²) in [6.07, 6.45) is 6.23. The fourth-order valence-electron chi connectivity index (χ4n) is 4.18. The number of carbonyl (C=O) groups is 1. The van der Waals surface area contributed by atoms with Crippen molar-refractivity contribution < 1.29 is 4.79 Å². The van der Waals surface area contributed by atoms with Crippen LogP contribution in [0.2, 0.25) is 0 Å². The number of hydrogen-bond acceptors (Lipinski definition) is 1. The summed E-state index contributed by atoms with van der Waals surface area (Å²) in [4.78, 5) is 12.5. The lowest BCUT2D eigenvalue weighted by Crippen LogP contribution is -2.27. The number of fused-ring (bicyclic) bond motifs is 2. The van der Waals surface area contributed by atoms with Crippen LogP contribution in [0.1, 0.15) is 54.5 Å². The van der Waals surface area contributed by atoms with E-state index in [9.17, 15) is 4.79 Å². The predicted molar refractivity (Wildman–Crippen MR) is 112 cm³/mol. The van der Waals surface area contributed by atoms with Gasteiger partial charge < -0.3 is 5.32 Å². The highest BCUT2D eigenvalue weighted by Crippen LogP contribution is 2.25. The third-order valence-corrected chi connectivity index (χ3v) is 5.75. The molecule has 1 aliphatic carbocycles. The molecule has 3 aromatic rings. The summed E-state index contributed by atoms with van der Waals surface area (Å²) in [5.41, 5.74) is 5.41. The quantitative estimate of drug-likeness (QED) is 0.639. The summed E-state index contributed by atoms with van der Waals surface area (Å²) in [6.45, 7) is 2.08. The molecule has 3 aromatic carbocycles. The van der Waals surface area contributed by atoms with Crippen LogP contribution in [0.15, 0.2) is 60.7 Å². The van der Waals surface area contributed by atoms with E-state index < -0.39 is 0 Å². The highest BCUT2D eigenvalue weighted by atomic mass is 16.1. The van der Waals surface area contributed by atoms with Crippen molar-refractivity contribution in [3.8, 4) is 0 Å². The van der Waals surface area contributed by atoms with E-state index in [2.05, 4.69) is 72.9 Å². The number of amides is 1. The Bertz CT molecular complexity index is 954. The number of rotatable bonds is 5. The maximum Gasteiger partial charge on any atom is 0.220 e. The van der Waals surface area contributed by atoms with Gasteiger partial charge in [0.2, 0.25) is 5.91 Å². The van der Waals surface area contributed by atoms with Gasteiger partial charge in [-0.2, -0.15) is 0 Å². The first-order valence-corrected chi connectivity index (χ1v) is 10.1. The number of hydrogen-bond donors (Lipinski definition) is 1. The molecule has 2 heteroatoms. The van der Waals surface area contributed by atoms with Crippen LogP contribution in [0.4, 0.5) is 0 Å². The molecule has 1 N–H and O–H groups in total. The van der Waals surface area contributed by atoms with Crippen LogP contribution in [0, 0.1) is 0 Å². The normalized spacial score (nSPS) is 14.6. The predicted octanol–water partition coefficient (Wildman–Crippen LogP) is 5.53. The van der Waals surface area contributed by atoms with Crippen LogP contribution in [0.3, 0.4) is 0 Å². The SMILES string of the molecule is C[C@H](NC(=O)CCc1cccc2ccccc12)c1ccc2c(c1)CCCC2. The zero-order valence-electron chi connectivity index (χ0n) is 16.0. The third-order valence-electron chi connectivity index (χ3n) is 5.75. The van der Waals surface area contributed by atoms with Gasteiger partial charge in [-0.05, 0) is 72.1 Å². The van der Waals surface area contributed by atoms with Gasteiger partial charge in [0.05, 0.1) is 6.04 Å². The van der Waals surface area contributed by atoms with Crippen LogP contribution in [-0.4, -0.2) is 5.91 Å². The minimum Gasteiger partial charge on any atom is -0.350 e. The van der Waals surface area contributed by atoms with Gasteiger partial charge in [0.1, 0.15) is 0 Å². The molecular weight excluding hydrogens is 330 g/mol. The molecule has 27 heavy (non-hydrogen) atoms. The zero-order chi connectivity index (χ0) is 18.6. The number of benzene rings is 3. The second kappa shape index (κ2) is 7.96. The lowest BCUT2D eigenvalue weighted by molar-refractivity contribution is -0.121. The second-order valence-electron chi connectivity index (χ2n) is 7.66. The molecule has 0 aliphatic heterocycles. The van der Waals surface area contributed by atoms with Crippen LogP contribution in [0.5, 0.6) is 0 Å². The monoisotopic (exact) mass is 357 g/mol. The van der Waals surface area contributed by atoms with E-state index in [-0.39, 0.29) is 11.9 Å². The molecule has 1 atom stereocenters. The first-order valence-electron chi connectivity index (χ1n) is 10.1. The van der Waals surface area contributed by atoms with Crippen molar-refractivity contribution in [2.45, 2.75) is 51.5 Å². The van der Waals surface area contributed by atoms with Gasteiger partial charge in [0, 0.05) is 6.42 Å². The van der Waals surface area contributed by atoms with Gasteiger partial charge in [-0.15, -0.1) is 0 Å². The Kier molecular flexibility index (Phi) is 5.24. The Labute approximate surface area is 161 Å². The molecule has 0 heterocycles. The average Bonchev–Trinajstić information content (AvgIpc) is 2.71. The molecule has 0 aromatic heterocycles. The van der Waals surface area contributed by atoms with E-state index in [0.29, 0.717) is 6.42 Å².